The zero-order valence-corrected chi connectivity index (χ0v) is 12.8. The Labute approximate surface area is 138 Å². The van der Waals surface area contributed by atoms with Crippen LogP contribution in [0.5, 0.6) is 11.5 Å². The summed E-state index contributed by atoms with van der Waals surface area (Å²) >= 11 is 0. The number of nitrogen functional groups attached to an aromatic ring is 2. The summed E-state index contributed by atoms with van der Waals surface area (Å²) in [6.45, 7) is 0. The predicted molar refractivity (Wildman–Crippen MR) is 94.2 cm³/mol. The lowest BCUT2D eigenvalue weighted by atomic mass is 10.2. The molecule has 0 spiro atoms. The van der Waals surface area contributed by atoms with Gasteiger partial charge in [-0.05, 0) is 54.6 Å². The number of fused-ring (bicyclic) bond motifs is 1. The summed E-state index contributed by atoms with van der Waals surface area (Å²) in [4.78, 5) is 8.33. The topological polar surface area (TPSA) is 92.0 Å². The van der Waals surface area contributed by atoms with Crippen LogP contribution in [0.2, 0.25) is 0 Å². The highest BCUT2D eigenvalue weighted by Crippen LogP contribution is 2.27. The van der Waals surface area contributed by atoms with Gasteiger partial charge in [-0.2, -0.15) is 0 Å². The molecule has 0 saturated carbocycles. The summed E-state index contributed by atoms with van der Waals surface area (Å²) in [6.07, 6.45) is 3.37. The molecule has 6 heteroatoms. The SMILES string of the molecule is Nc1ccc2nc(N)n(-c3ccc(Oc4ccncc4)cc3)c2c1. The zero-order valence-electron chi connectivity index (χ0n) is 12.8. The van der Waals surface area contributed by atoms with E-state index < -0.39 is 0 Å². The van der Waals surface area contributed by atoms with Gasteiger partial charge in [0.15, 0.2) is 0 Å². The lowest BCUT2D eigenvalue weighted by Crippen LogP contribution is -2.00. The molecule has 0 aliphatic carbocycles. The van der Waals surface area contributed by atoms with Gasteiger partial charge in [0.1, 0.15) is 11.5 Å². The predicted octanol–water partition coefficient (Wildman–Crippen LogP) is 3.38. The highest BCUT2D eigenvalue weighted by molar-refractivity contribution is 5.83. The first-order chi connectivity index (χ1) is 11.7. The zero-order chi connectivity index (χ0) is 16.5. The van der Waals surface area contributed by atoms with Crippen molar-refractivity contribution in [1.82, 2.24) is 14.5 Å². The number of imidazole rings is 1. The Morgan fingerprint density at radius 1 is 0.833 bits per heavy atom. The number of hydrogen-bond donors (Lipinski definition) is 2. The normalized spacial score (nSPS) is 10.8. The van der Waals surface area contributed by atoms with E-state index in [9.17, 15) is 0 Å². The number of pyridine rings is 1. The number of hydrogen-bond acceptors (Lipinski definition) is 5. The minimum atomic E-state index is 0.415. The molecule has 0 saturated heterocycles. The maximum atomic E-state index is 6.07. The third-order valence-electron chi connectivity index (χ3n) is 3.68. The average Bonchev–Trinajstić information content (AvgIpc) is 2.92. The van der Waals surface area contributed by atoms with Crippen molar-refractivity contribution in [3.05, 3.63) is 67.0 Å². The van der Waals surface area contributed by atoms with Gasteiger partial charge in [0.05, 0.1) is 11.0 Å². The fraction of sp³-hybridized carbons (Fsp3) is 0. The molecule has 0 fully saturated rings. The molecule has 0 atom stereocenters. The molecule has 2 aromatic heterocycles. The van der Waals surface area contributed by atoms with E-state index in [-0.39, 0.29) is 0 Å². The Bertz CT molecular complexity index is 993. The van der Waals surface area contributed by atoms with E-state index in [1.807, 2.05) is 47.0 Å². The maximum absolute atomic E-state index is 6.07. The van der Waals surface area contributed by atoms with Crippen molar-refractivity contribution in [3.63, 3.8) is 0 Å². The van der Waals surface area contributed by atoms with Crippen LogP contribution in [0.25, 0.3) is 16.7 Å². The highest BCUT2D eigenvalue weighted by Gasteiger charge is 2.10. The van der Waals surface area contributed by atoms with Crippen molar-refractivity contribution in [2.24, 2.45) is 0 Å². The molecule has 0 unspecified atom stereocenters. The van der Waals surface area contributed by atoms with E-state index >= 15 is 0 Å². The van der Waals surface area contributed by atoms with E-state index in [4.69, 9.17) is 16.2 Å². The number of nitrogens with two attached hydrogens (primary N) is 2. The second-order valence-electron chi connectivity index (χ2n) is 5.33. The summed E-state index contributed by atoms with van der Waals surface area (Å²) in [6, 6.07) is 16.8. The van der Waals surface area contributed by atoms with Crippen LogP contribution >= 0.6 is 0 Å². The van der Waals surface area contributed by atoms with E-state index in [1.54, 1.807) is 24.5 Å². The summed E-state index contributed by atoms with van der Waals surface area (Å²) in [5.41, 5.74) is 15.2. The Balaban J connectivity index is 1.70. The number of benzene rings is 2. The largest absolute Gasteiger partial charge is 0.457 e. The van der Waals surface area contributed by atoms with Crippen LogP contribution in [0.1, 0.15) is 0 Å². The van der Waals surface area contributed by atoms with Gasteiger partial charge in [0, 0.05) is 23.8 Å². The van der Waals surface area contributed by atoms with Crippen LogP contribution < -0.4 is 16.2 Å². The van der Waals surface area contributed by atoms with Crippen molar-refractivity contribution in [1.29, 1.82) is 0 Å². The molecule has 6 nitrogen and oxygen atoms in total. The molecule has 0 aliphatic heterocycles. The molecule has 4 N–H and O–H groups in total. The van der Waals surface area contributed by atoms with E-state index in [0.29, 0.717) is 11.6 Å². The van der Waals surface area contributed by atoms with E-state index in [0.717, 1.165) is 28.2 Å². The van der Waals surface area contributed by atoms with Gasteiger partial charge in [0.2, 0.25) is 5.95 Å². The molecule has 4 aromatic rings. The maximum Gasteiger partial charge on any atom is 0.205 e. The van der Waals surface area contributed by atoms with Gasteiger partial charge in [-0.3, -0.25) is 9.55 Å². The number of aromatic nitrogens is 3. The monoisotopic (exact) mass is 317 g/mol. The van der Waals surface area contributed by atoms with Gasteiger partial charge >= 0.3 is 0 Å². The van der Waals surface area contributed by atoms with Crippen molar-refractivity contribution in [2.45, 2.75) is 0 Å². The van der Waals surface area contributed by atoms with Crippen LogP contribution in [-0.2, 0) is 0 Å². The molecule has 0 amide bonds. The van der Waals surface area contributed by atoms with Crippen molar-refractivity contribution >= 4 is 22.7 Å². The molecule has 2 aromatic carbocycles. The third kappa shape index (κ3) is 2.50. The fourth-order valence-corrected chi connectivity index (χ4v) is 2.59. The average molecular weight is 317 g/mol. The Morgan fingerprint density at radius 2 is 1.54 bits per heavy atom. The summed E-state index contributed by atoms with van der Waals surface area (Å²) in [5, 5.41) is 0. The Hall–Kier alpha value is -3.54. The fourth-order valence-electron chi connectivity index (χ4n) is 2.59. The molecule has 0 radical (unpaired) electrons. The van der Waals surface area contributed by atoms with E-state index in [1.165, 1.54) is 0 Å². The van der Waals surface area contributed by atoms with Crippen LogP contribution in [0.3, 0.4) is 0 Å². The molecule has 4 rings (SSSR count). The molecule has 118 valence electrons. The van der Waals surface area contributed by atoms with Gasteiger partial charge in [-0.25, -0.2) is 4.98 Å². The number of nitrogens with zero attached hydrogens (tertiary/aromatic N) is 3. The first-order valence-corrected chi connectivity index (χ1v) is 7.42. The third-order valence-corrected chi connectivity index (χ3v) is 3.68. The Morgan fingerprint density at radius 3 is 2.29 bits per heavy atom. The van der Waals surface area contributed by atoms with Gasteiger partial charge in [-0.15, -0.1) is 0 Å². The quantitative estimate of drug-likeness (QED) is 0.565. The first kappa shape index (κ1) is 14.1. The lowest BCUT2D eigenvalue weighted by Gasteiger charge is -2.09. The van der Waals surface area contributed by atoms with Crippen LogP contribution in [0.15, 0.2) is 67.0 Å². The smallest absolute Gasteiger partial charge is 0.205 e. The summed E-state index contributed by atoms with van der Waals surface area (Å²) in [7, 11) is 0. The lowest BCUT2D eigenvalue weighted by molar-refractivity contribution is 0.482. The number of anilines is 2. The van der Waals surface area contributed by atoms with Crippen LogP contribution in [0.4, 0.5) is 11.6 Å². The van der Waals surface area contributed by atoms with Gasteiger partial charge < -0.3 is 16.2 Å². The minimum absolute atomic E-state index is 0.415. The van der Waals surface area contributed by atoms with Gasteiger partial charge in [-0.1, -0.05) is 0 Å². The van der Waals surface area contributed by atoms with Crippen LogP contribution in [-0.4, -0.2) is 14.5 Å². The summed E-state index contributed by atoms with van der Waals surface area (Å²) < 4.78 is 7.63. The van der Waals surface area contributed by atoms with Crippen molar-refractivity contribution < 1.29 is 4.74 Å². The number of ether oxygens (including phenoxy) is 1. The minimum Gasteiger partial charge on any atom is -0.457 e. The second-order valence-corrected chi connectivity index (χ2v) is 5.33. The number of rotatable bonds is 3. The van der Waals surface area contributed by atoms with E-state index in [2.05, 4.69) is 9.97 Å². The molecule has 0 aliphatic rings. The van der Waals surface area contributed by atoms with Crippen molar-refractivity contribution in [3.8, 4) is 17.2 Å². The van der Waals surface area contributed by atoms with Crippen LogP contribution in [0, 0.1) is 0 Å². The Kier molecular flexibility index (Phi) is 3.28. The second kappa shape index (κ2) is 5.58. The molecule has 2 heterocycles. The first-order valence-electron chi connectivity index (χ1n) is 7.42. The molecular formula is C18H15N5O. The van der Waals surface area contributed by atoms with Gasteiger partial charge in [0.25, 0.3) is 0 Å². The standard InChI is InChI=1S/C18H15N5O/c19-12-1-6-16-17(11-12)23(18(20)22-16)13-2-4-14(5-3-13)24-15-7-9-21-10-8-15/h1-11H,19H2,(H2,20,22). The molecular weight excluding hydrogens is 302 g/mol. The molecule has 24 heavy (non-hydrogen) atoms. The molecule has 0 bridgehead atoms. The van der Waals surface area contributed by atoms with Crippen molar-refractivity contribution in [2.75, 3.05) is 11.5 Å². The summed E-state index contributed by atoms with van der Waals surface area (Å²) in [5.74, 6) is 1.88. The highest BCUT2D eigenvalue weighted by atomic mass is 16.5.